The first-order valence-corrected chi connectivity index (χ1v) is 13.8. The molecule has 0 aliphatic rings. The van der Waals surface area contributed by atoms with Gasteiger partial charge in [-0.3, -0.25) is 0 Å². The van der Waals surface area contributed by atoms with Crippen molar-refractivity contribution in [1.82, 2.24) is 9.13 Å². The number of benzene rings is 2. The third kappa shape index (κ3) is 3.50. The summed E-state index contributed by atoms with van der Waals surface area (Å²) in [7, 11) is 13.2. The van der Waals surface area contributed by atoms with Gasteiger partial charge in [0.15, 0.2) is 0 Å². The zero-order chi connectivity index (χ0) is 19.2. The molecule has 140 valence electrons. The second-order valence-corrected chi connectivity index (χ2v) is 12.6. The van der Waals surface area contributed by atoms with E-state index in [1.807, 2.05) is 0 Å². The molecular formula is C21H24Cl2N2Ru. The molecule has 0 aliphatic heterocycles. The quantitative estimate of drug-likeness (QED) is 0.370. The van der Waals surface area contributed by atoms with Gasteiger partial charge in [-0.15, -0.1) is 0 Å². The molecule has 0 spiro atoms. The standard InChI is InChI=1S/C21H24N2.2ClH.Ru/c1-14-9-16(3)20(17(4)10-14)22-7-8-23(13-22)21-18(5)11-15(2)12-19(21)6;;;/h7-12H,1-6H3;2*1H;/q;;;+2/p-2. The maximum absolute atomic E-state index is 6.59. The van der Waals surface area contributed by atoms with Crippen molar-refractivity contribution >= 4 is 19.4 Å². The summed E-state index contributed by atoms with van der Waals surface area (Å²) in [6.45, 7) is 12.8. The zero-order valence-electron chi connectivity index (χ0n) is 16.0. The summed E-state index contributed by atoms with van der Waals surface area (Å²) in [6.07, 6.45) is 4.18. The van der Waals surface area contributed by atoms with Crippen LogP contribution < -0.4 is 0 Å². The van der Waals surface area contributed by atoms with Crippen molar-refractivity contribution in [3.05, 3.63) is 74.1 Å². The number of imidazole rings is 1. The van der Waals surface area contributed by atoms with E-state index >= 15 is 0 Å². The van der Waals surface area contributed by atoms with Gasteiger partial charge in [-0.05, 0) is 0 Å². The molecule has 3 aromatic rings. The number of hydrogen-bond donors (Lipinski definition) is 0. The predicted molar refractivity (Wildman–Crippen MR) is 108 cm³/mol. The maximum atomic E-state index is 6.59. The van der Waals surface area contributed by atoms with Crippen molar-refractivity contribution in [2.75, 3.05) is 0 Å². The number of nitrogens with zero attached hydrogens (tertiary/aromatic N) is 2. The molecule has 0 bridgehead atoms. The Balaban J connectivity index is 2.38. The van der Waals surface area contributed by atoms with Gasteiger partial charge < -0.3 is 0 Å². The van der Waals surface area contributed by atoms with Crippen molar-refractivity contribution < 1.29 is 13.5 Å². The predicted octanol–water partition coefficient (Wildman–Crippen LogP) is 6.58. The van der Waals surface area contributed by atoms with Gasteiger partial charge in [-0.25, -0.2) is 0 Å². The van der Waals surface area contributed by atoms with Gasteiger partial charge in [0.1, 0.15) is 0 Å². The number of aromatic nitrogens is 2. The summed E-state index contributed by atoms with van der Waals surface area (Å²) >= 11 is -2.18. The SMILES string of the molecule is Cc1cc(C)c(-n2ccn(-c3c(C)cc(C)cc3C)[c]2=[Ru]([Cl])[Cl])c(C)c1. The van der Waals surface area contributed by atoms with Crippen LogP contribution in [0, 0.1) is 45.6 Å². The van der Waals surface area contributed by atoms with Crippen molar-refractivity contribution in [2.24, 2.45) is 0 Å². The van der Waals surface area contributed by atoms with E-state index in [0.717, 1.165) is 4.01 Å². The monoisotopic (exact) mass is 476 g/mol. The number of rotatable bonds is 2. The Bertz CT molecular complexity index is 946. The molecule has 26 heavy (non-hydrogen) atoms. The van der Waals surface area contributed by atoms with E-state index in [4.69, 9.17) is 19.4 Å². The topological polar surface area (TPSA) is 9.86 Å². The minimum absolute atomic E-state index is 0.989. The first kappa shape index (κ1) is 19.6. The van der Waals surface area contributed by atoms with E-state index < -0.39 is 13.5 Å². The van der Waals surface area contributed by atoms with Crippen LogP contribution in [-0.4, -0.2) is 9.13 Å². The third-order valence-electron chi connectivity index (χ3n) is 4.62. The second-order valence-electron chi connectivity index (χ2n) is 6.98. The Labute approximate surface area is 168 Å². The molecule has 2 aromatic carbocycles. The molecule has 0 saturated heterocycles. The Morgan fingerprint density at radius 1 is 0.615 bits per heavy atom. The van der Waals surface area contributed by atoms with Crippen LogP contribution in [0.15, 0.2) is 36.7 Å². The average Bonchev–Trinajstić information content (AvgIpc) is 2.89. The van der Waals surface area contributed by atoms with Crippen molar-refractivity contribution in [3.63, 3.8) is 0 Å². The molecule has 0 saturated carbocycles. The van der Waals surface area contributed by atoms with Gasteiger partial charge in [0, 0.05) is 0 Å². The molecule has 0 atom stereocenters. The summed E-state index contributed by atoms with van der Waals surface area (Å²) in [5.41, 5.74) is 9.79. The number of halogens is 2. The summed E-state index contributed by atoms with van der Waals surface area (Å²) in [5.74, 6) is 0. The molecule has 1 heterocycles. The van der Waals surface area contributed by atoms with Crippen LogP contribution in [0.25, 0.3) is 11.4 Å². The van der Waals surface area contributed by atoms with Crippen LogP contribution in [-0.2, 0) is 13.5 Å². The van der Waals surface area contributed by atoms with Crippen LogP contribution >= 0.6 is 19.4 Å². The van der Waals surface area contributed by atoms with Crippen LogP contribution in [0.4, 0.5) is 0 Å². The molecular weight excluding hydrogens is 452 g/mol. The van der Waals surface area contributed by atoms with Gasteiger partial charge in [-0.2, -0.15) is 0 Å². The summed E-state index contributed by atoms with van der Waals surface area (Å²) in [5, 5.41) is 0. The van der Waals surface area contributed by atoms with Crippen LogP contribution in [0.5, 0.6) is 0 Å². The molecule has 0 N–H and O–H groups in total. The van der Waals surface area contributed by atoms with Gasteiger partial charge in [0.05, 0.1) is 0 Å². The van der Waals surface area contributed by atoms with Gasteiger partial charge in [0.2, 0.25) is 0 Å². The molecule has 0 amide bonds. The molecule has 0 fully saturated rings. The Hall–Kier alpha value is -1.15. The molecule has 1 aromatic heterocycles. The van der Waals surface area contributed by atoms with Crippen molar-refractivity contribution in [2.45, 2.75) is 41.5 Å². The molecule has 0 unspecified atom stereocenters. The molecule has 0 radical (unpaired) electrons. The Morgan fingerprint density at radius 3 is 1.19 bits per heavy atom. The normalized spacial score (nSPS) is 11.8. The second kappa shape index (κ2) is 7.46. The van der Waals surface area contributed by atoms with E-state index in [9.17, 15) is 0 Å². The fraction of sp³-hybridized carbons (Fsp3) is 0.286. The Kier molecular flexibility index (Phi) is 5.63. The zero-order valence-corrected chi connectivity index (χ0v) is 19.2. The first-order chi connectivity index (χ1) is 12.2. The van der Waals surface area contributed by atoms with Gasteiger partial charge >= 0.3 is 169 Å². The van der Waals surface area contributed by atoms with Crippen LogP contribution in [0.3, 0.4) is 0 Å². The minimum atomic E-state index is -2.18. The Morgan fingerprint density at radius 2 is 0.923 bits per heavy atom. The summed E-state index contributed by atoms with van der Waals surface area (Å²) < 4.78 is 5.35. The molecule has 0 aliphatic carbocycles. The van der Waals surface area contributed by atoms with E-state index in [0.29, 0.717) is 0 Å². The summed E-state index contributed by atoms with van der Waals surface area (Å²) in [4.78, 5) is 0. The van der Waals surface area contributed by atoms with Gasteiger partial charge in [0.25, 0.3) is 0 Å². The fourth-order valence-electron chi connectivity index (χ4n) is 3.93. The molecule has 2 nitrogen and oxygen atoms in total. The first-order valence-electron chi connectivity index (χ1n) is 8.50. The van der Waals surface area contributed by atoms with E-state index in [1.54, 1.807) is 0 Å². The fourth-order valence-corrected chi connectivity index (χ4v) is 6.73. The average molecular weight is 476 g/mol. The van der Waals surface area contributed by atoms with Crippen LogP contribution in [0.1, 0.15) is 33.4 Å². The van der Waals surface area contributed by atoms with Crippen molar-refractivity contribution in [3.8, 4) is 11.4 Å². The van der Waals surface area contributed by atoms with E-state index in [1.165, 1.54) is 44.8 Å². The van der Waals surface area contributed by atoms with E-state index in [2.05, 4.69) is 87.3 Å². The molecule has 3 rings (SSSR count). The van der Waals surface area contributed by atoms with Crippen LogP contribution in [0.2, 0.25) is 0 Å². The van der Waals surface area contributed by atoms with Crippen molar-refractivity contribution in [1.29, 1.82) is 0 Å². The number of aryl methyl sites for hydroxylation is 6. The molecule has 5 heteroatoms. The third-order valence-corrected chi connectivity index (χ3v) is 7.46. The number of hydrogen-bond acceptors (Lipinski definition) is 0. The summed E-state index contributed by atoms with van der Waals surface area (Å²) in [6, 6.07) is 8.83. The van der Waals surface area contributed by atoms with E-state index in [-0.39, 0.29) is 0 Å². The van der Waals surface area contributed by atoms with Gasteiger partial charge in [-0.1, -0.05) is 0 Å².